The highest BCUT2D eigenvalue weighted by atomic mass is 15.1. The molecule has 0 amide bonds. The highest BCUT2D eigenvalue weighted by molar-refractivity contribution is 5.49. The van der Waals surface area contributed by atoms with Gasteiger partial charge in [-0.2, -0.15) is 10.5 Å². The van der Waals surface area contributed by atoms with E-state index < -0.39 is 0 Å². The van der Waals surface area contributed by atoms with E-state index in [1.54, 1.807) is 0 Å². The van der Waals surface area contributed by atoms with Crippen LogP contribution in [0.25, 0.3) is 0 Å². The second-order valence-electron chi connectivity index (χ2n) is 7.12. The molecule has 0 aromatic heterocycles. The van der Waals surface area contributed by atoms with Gasteiger partial charge in [0.25, 0.3) is 0 Å². The Labute approximate surface area is 149 Å². The minimum absolute atomic E-state index is 0.276. The largest absolute Gasteiger partial charge is 0.370 e. The number of nitriles is 2. The smallest absolute Gasteiger partial charge is 0.132 e. The van der Waals surface area contributed by atoms with Gasteiger partial charge in [-0.1, -0.05) is 30.3 Å². The van der Waals surface area contributed by atoms with Crippen LogP contribution in [0.4, 0.5) is 0 Å². The summed E-state index contributed by atoms with van der Waals surface area (Å²) >= 11 is 0. The number of rotatable bonds is 1. The summed E-state index contributed by atoms with van der Waals surface area (Å²) in [4.78, 5) is 2.51. The molecule has 4 rings (SSSR count). The van der Waals surface area contributed by atoms with Crippen molar-refractivity contribution in [2.45, 2.75) is 38.6 Å². The Hall–Kier alpha value is -2.78. The Morgan fingerprint density at radius 1 is 0.960 bits per heavy atom. The SMILES string of the molecule is N#CC(C#N)=C1C=C2C=C(N3CCc4ccccc4C3)CC[C@@H]2CC1. The predicted molar refractivity (Wildman–Crippen MR) is 96.9 cm³/mol. The average Bonchev–Trinajstić information content (AvgIpc) is 2.68. The van der Waals surface area contributed by atoms with E-state index in [-0.39, 0.29) is 5.57 Å². The van der Waals surface area contributed by atoms with Gasteiger partial charge in [0.1, 0.15) is 17.7 Å². The third-order valence-electron chi connectivity index (χ3n) is 5.74. The van der Waals surface area contributed by atoms with Crippen molar-refractivity contribution < 1.29 is 0 Å². The number of hydrogen-bond acceptors (Lipinski definition) is 3. The summed E-state index contributed by atoms with van der Waals surface area (Å²) in [7, 11) is 0. The monoisotopic (exact) mass is 327 g/mol. The van der Waals surface area contributed by atoms with Gasteiger partial charge in [-0.25, -0.2) is 0 Å². The molecule has 3 aliphatic rings. The van der Waals surface area contributed by atoms with E-state index in [0.717, 1.165) is 44.3 Å². The third kappa shape index (κ3) is 2.99. The predicted octanol–water partition coefficient (Wildman–Crippen LogP) is 4.40. The van der Waals surface area contributed by atoms with Crippen molar-refractivity contribution in [1.82, 2.24) is 4.90 Å². The van der Waals surface area contributed by atoms with E-state index in [4.69, 9.17) is 10.5 Å². The van der Waals surface area contributed by atoms with Gasteiger partial charge in [-0.05, 0) is 66.4 Å². The van der Waals surface area contributed by atoms with Gasteiger partial charge in [-0.15, -0.1) is 0 Å². The first-order chi connectivity index (χ1) is 12.3. The molecule has 1 heterocycles. The molecule has 2 aliphatic carbocycles. The van der Waals surface area contributed by atoms with Crippen LogP contribution in [0.5, 0.6) is 0 Å². The average molecular weight is 327 g/mol. The van der Waals surface area contributed by atoms with Crippen LogP contribution in [0, 0.1) is 28.6 Å². The summed E-state index contributed by atoms with van der Waals surface area (Å²) in [5.41, 5.74) is 6.82. The normalized spacial score (nSPS) is 21.9. The Bertz CT molecular complexity index is 857. The van der Waals surface area contributed by atoms with Gasteiger partial charge in [0.15, 0.2) is 0 Å². The highest BCUT2D eigenvalue weighted by Gasteiger charge is 2.27. The maximum atomic E-state index is 9.14. The summed E-state index contributed by atoms with van der Waals surface area (Å²) in [6.45, 7) is 2.06. The van der Waals surface area contributed by atoms with Gasteiger partial charge in [0, 0.05) is 18.8 Å². The zero-order chi connectivity index (χ0) is 17.2. The number of allylic oxidation sites excluding steroid dienone is 6. The van der Waals surface area contributed by atoms with Crippen molar-refractivity contribution in [2.75, 3.05) is 6.54 Å². The first-order valence-corrected chi connectivity index (χ1v) is 9.05. The zero-order valence-electron chi connectivity index (χ0n) is 14.3. The minimum atomic E-state index is 0.276. The van der Waals surface area contributed by atoms with Crippen LogP contribution in [-0.4, -0.2) is 11.4 Å². The van der Waals surface area contributed by atoms with Crippen LogP contribution in [0.3, 0.4) is 0 Å². The lowest BCUT2D eigenvalue weighted by molar-refractivity contribution is 0.296. The molecule has 1 aromatic carbocycles. The lowest BCUT2D eigenvalue weighted by Gasteiger charge is -2.37. The quantitative estimate of drug-likeness (QED) is 0.718. The second kappa shape index (κ2) is 6.61. The molecule has 0 fully saturated rings. The molecule has 124 valence electrons. The molecule has 0 saturated carbocycles. The fraction of sp³-hybridized carbons (Fsp3) is 0.364. The van der Waals surface area contributed by atoms with Crippen LogP contribution in [0.1, 0.15) is 36.8 Å². The van der Waals surface area contributed by atoms with E-state index in [1.807, 2.05) is 12.1 Å². The Balaban J connectivity index is 1.62. The van der Waals surface area contributed by atoms with Crippen molar-refractivity contribution in [3.8, 4) is 12.1 Å². The molecule has 0 spiro atoms. The molecular formula is C22H21N3. The van der Waals surface area contributed by atoms with Crippen molar-refractivity contribution in [2.24, 2.45) is 5.92 Å². The molecule has 3 nitrogen and oxygen atoms in total. The maximum absolute atomic E-state index is 9.14. The van der Waals surface area contributed by atoms with E-state index in [9.17, 15) is 0 Å². The number of benzene rings is 1. The van der Waals surface area contributed by atoms with Crippen molar-refractivity contribution in [3.63, 3.8) is 0 Å². The summed E-state index contributed by atoms with van der Waals surface area (Å²) in [5, 5.41) is 18.3. The fourth-order valence-electron chi connectivity index (χ4n) is 4.30. The van der Waals surface area contributed by atoms with Crippen LogP contribution < -0.4 is 0 Å². The van der Waals surface area contributed by atoms with Crippen LogP contribution in [0.2, 0.25) is 0 Å². The van der Waals surface area contributed by atoms with E-state index >= 15 is 0 Å². The maximum Gasteiger partial charge on any atom is 0.132 e. The summed E-state index contributed by atoms with van der Waals surface area (Å²) in [5.74, 6) is 0.586. The first kappa shape index (κ1) is 15.7. The Morgan fingerprint density at radius 2 is 1.72 bits per heavy atom. The molecule has 0 bridgehead atoms. The molecular weight excluding hydrogens is 306 g/mol. The van der Waals surface area contributed by atoms with Gasteiger partial charge in [-0.3, -0.25) is 0 Å². The topological polar surface area (TPSA) is 50.8 Å². The van der Waals surface area contributed by atoms with Crippen molar-refractivity contribution in [1.29, 1.82) is 10.5 Å². The lowest BCUT2D eigenvalue weighted by Crippen LogP contribution is -2.31. The molecule has 25 heavy (non-hydrogen) atoms. The molecule has 0 N–H and O–H groups in total. The van der Waals surface area contributed by atoms with Crippen LogP contribution in [0.15, 0.2) is 58.8 Å². The summed E-state index contributed by atoms with van der Waals surface area (Å²) in [6.07, 6.45) is 9.75. The molecule has 0 radical (unpaired) electrons. The lowest BCUT2D eigenvalue weighted by atomic mass is 9.77. The summed E-state index contributed by atoms with van der Waals surface area (Å²) in [6, 6.07) is 12.8. The molecule has 0 saturated heterocycles. The highest BCUT2D eigenvalue weighted by Crippen LogP contribution is 2.39. The second-order valence-corrected chi connectivity index (χ2v) is 7.12. The zero-order valence-corrected chi connectivity index (χ0v) is 14.3. The number of fused-ring (bicyclic) bond motifs is 2. The molecule has 1 atom stereocenters. The van der Waals surface area contributed by atoms with Crippen LogP contribution >= 0.6 is 0 Å². The Kier molecular flexibility index (Phi) is 4.16. The first-order valence-electron chi connectivity index (χ1n) is 9.05. The molecule has 1 aliphatic heterocycles. The number of hydrogen-bond donors (Lipinski definition) is 0. The van der Waals surface area contributed by atoms with Gasteiger partial charge < -0.3 is 4.90 Å². The minimum Gasteiger partial charge on any atom is -0.370 e. The van der Waals surface area contributed by atoms with E-state index in [2.05, 4.69) is 41.3 Å². The van der Waals surface area contributed by atoms with Gasteiger partial charge >= 0.3 is 0 Å². The van der Waals surface area contributed by atoms with Gasteiger partial charge in [0.05, 0.1) is 0 Å². The van der Waals surface area contributed by atoms with E-state index in [0.29, 0.717) is 5.92 Å². The van der Waals surface area contributed by atoms with Crippen molar-refractivity contribution in [3.05, 3.63) is 70.0 Å². The fourth-order valence-corrected chi connectivity index (χ4v) is 4.30. The van der Waals surface area contributed by atoms with Crippen molar-refractivity contribution >= 4 is 0 Å². The standard InChI is InChI=1S/C22H21N3/c23-13-21(14-24)18-6-5-17-7-8-22(12-20(17)11-18)25-10-9-16-3-1-2-4-19(16)15-25/h1-4,11-12,17H,5-10,15H2/t17-/m0/s1. The van der Waals surface area contributed by atoms with E-state index in [1.165, 1.54) is 28.8 Å². The Morgan fingerprint density at radius 3 is 2.52 bits per heavy atom. The van der Waals surface area contributed by atoms with Crippen LogP contribution in [-0.2, 0) is 13.0 Å². The molecule has 3 heteroatoms. The molecule has 1 aromatic rings. The third-order valence-corrected chi connectivity index (χ3v) is 5.74. The molecule has 0 unspecified atom stereocenters. The number of nitrogens with zero attached hydrogens (tertiary/aromatic N) is 3. The van der Waals surface area contributed by atoms with Gasteiger partial charge in [0.2, 0.25) is 0 Å². The summed E-state index contributed by atoms with van der Waals surface area (Å²) < 4.78 is 0.